The van der Waals surface area contributed by atoms with Crippen molar-refractivity contribution >= 4 is 63.7 Å². The van der Waals surface area contributed by atoms with Crippen LogP contribution in [-0.4, -0.2) is 20.8 Å². The molecule has 0 fully saturated rings. The molecule has 2 rings (SSSR count). The van der Waals surface area contributed by atoms with E-state index in [2.05, 4.69) is 10.6 Å². The fourth-order valence-electron chi connectivity index (χ4n) is 1.92. The molecule has 0 aromatic heterocycles. The lowest BCUT2D eigenvalue weighted by Crippen LogP contribution is -2.49. The number of nitro benzene ring substituents is 1. The fraction of sp³-hybridized carbons (Fsp3) is 0.133. The number of rotatable bonds is 5. The van der Waals surface area contributed by atoms with Gasteiger partial charge < -0.3 is 10.6 Å². The molecule has 0 unspecified atom stereocenters. The Morgan fingerprint density at radius 2 is 1.80 bits per heavy atom. The zero-order valence-corrected chi connectivity index (χ0v) is 15.4. The van der Waals surface area contributed by atoms with Crippen molar-refractivity contribution in [1.82, 2.24) is 5.32 Å². The summed E-state index contributed by atoms with van der Waals surface area (Å²) in [6.07, 6.45) is -1.15. The first kappa shape index (κ1) is 19.6. The van der Waals surface area contributed by atoms with Gasteiger partial charge in [-0.1, -0.05) is 58.5 Å². The number of anilines is 1. The summed E-state index contributed by atoms with van der Waals surface area (Å²) in [5, 5.41) is 16.5. The van der Waals surface area contributed by atoms with Crippen LogP contribution in [0, 0.1) is 10.1 Å². The van der Waals surface area contributed by atoms with E-state index in [9.17, 15) is 14.9 Å². The Balaban J connectivity index is 2.21. The summed E-state index contributed by atoms with van der Waals surface area (Å²) in [5.41, 5.74) is 0.429. The Morgan fingerprint density at radius 1 is 1.12 bits per heavy atom. The van der Waals surface area contributed by atoms with Gasteiger partial charge in [-0.05, 0) is 24.3 Å². The highest BCUT2D eigenvalue weighted by Crippen LogP contribution is 2.32. The van der Waals surface area contributed by atoms with Crippen LogP contribution in [0.15, 0.2) is 48.5 Å². The van der Waals surface area contributed by atoms with E-state index >= 15 is 0 Å². The third-order valence-corrected chi connectivity index (χ3v) is 3.95. The minimum Gasteiger partial charge on any atom is -0.362 e. The third-order valence-electron chi connectivity index (χ3n) is 3.06. The van der Waals surface area contributed by atoms with Crippen LogP contribution >= 0.6 is 46.4 Å². The number of halogens is 4. The predicted molar refractivity (Wildman–Crippen MR) is 99.7 cm³/mol. The van der Waals surface area contributed by atoms with Crippen molar-refractivity contribution in [3.8, 4) is 0 Å². The summed E-state index contributed by atoms with van der Waals surface area (Å²) in [7, 11) is 0. The predicted octanol–water partition coefficient (Wildman–Crippen LogP) is 4.79. The third kappa shape index (κ3) is 5.64. The topological polar surface area (TPSA) is 84.3 Å². The van der Waals surface area contributed by atoms with Crippen LogP contribution in [0.25, 0.3) is 0 Å². The van der Waals surface area contributed by atoms with E-state index < -0.39 is 20.8 Å². The van der Waals surface area contributed by atoms with Crippen LogP contribution in [0.3, 0.4) is 0 Å². The maximum atomic E-state index is 12.3. The number of nitrogens with one attached hydrogen (secondary N) is 2. The smallest absolute Gasteiger partial charge is 0.271 e. The van der Waals surface area contributed by atoms with Crippen molar-refractivity contribution in [2.75, 3.05) is 5.32 Å². The number of hydrogen-bond donors (Lipinski definition) is 2. The maximum Gasteiger partial charge on any atom is 0.271 e. The average molecular weight is 423 g/mol. The Bertz CT molecular complexity index is 796. The second-order valence-electron chi connectivity index (χ2n) is 4.91. The molecule has 2 N–H and O–H groups in total. The molecule has 6 nitrogen and oxygen atoms in total. The van der Waals surface area contributed by atoms with Crippen LogP contribution in [0.5, 0.6) is 0 Å². The Kier molecular flexibility index (Phi) is 6.35. The molecule has 0 aliphatic rings. The standard InChI is InChI=1S/C15H11Cl4N3O3/c16-10-4-1-3-9(7-10)13(23)21-14(15(17,18)19)20-11-5-2-6-12(8-11)22(24)25/h1-8,14,20H,(H,21,23)/t14-/m1/s1. The molecule has 0 aliphatic carbocycles. The van der Waals surface area contributed by atoms with Crippen molar-refractivity contribution in [2.45, 2.75) is 9.96 Å². The number of hydrogen-bond acceptors (Lipinski definition) is 4. The van der Waals surface area contributed by atoms with Crippen LogP contribution in [0.1, 0.15) is 10.4 Å². The largest absolute Gasteiger partial charge is 0.362 e. The van der Waals surface area contributed by atoms with Crippen molar-refractivity contribution in [2.24, 2.45) is 0 Å². The number of non-ortho nitro benzene ring substituents is 1. The Morgan fingerprint density at radius 3 is 2.40 bits per heavy atom. The lowest BCUT2D eigenvalue weighted by atomic mass is 10.2. The second kappa shape index (κ2) is 8.10. The number of alkyl halides is 3. The molecular formula is C15H11Cl4N3O3. The van der Waals surface area contributed by atoms with Gasteiger partial charge in [-0.2, -0.15) is 0 Å². The van der Waals surface area contributed by atoms with Crippen molar-refractivity contribution in [3.63, 3.8) is 0 Å². The minimum atomic E-state index is -1.92. The van der Waals surface area contributed by atoms with E-state index in [1.165, 1.54) is 24.3 Å². The first-order valence-electron chi connectivity index (χ1n) is 6.81. The van der Waals surface area contributed by atoms with Gasteiger partial charge in [0.05, 0.1) is 4.92 Å². The molecule has 10 heteroatoms. The van der Waals surface area contributed by atoms with E-state index in [0.29, 0.717) is 10.7 Å². The summed E-state index contributed by atoms with van der Waals surface area (Å²) < 4.78 is -1.92. The van der Waals surface area contributed by atoms with Gasteiger partial charge in [0.2, 0.25) is 3.79 Å². The average Bonchev–Trinajstić information content (AvgIpc) is 2.53. The number of benzene rings is 2. The monoisotopic (exact) mass is 421 g/mol. The zero-order valence-electron chi connectivity index (χ0n) is 12.4. The van der Waals surface area contributed by atoms with Gasteiger partial charge in [-0.3, -0.25) is 14.9 Å². The summed E-state index contributed by atoms with van der Waals surface area (Å²) in [4.78, 5) is 22.6. The molecule has 0 bridgehead atoms. The molecule has 2 aromatic rings. The second-order valence-corrected chi connectivity index (χ2v) is 7.72. The minimum absolute atomic E-state index is 0.144. The highest BCUT2D eigenvalue weighted by Gasteiger charge is 2.34. The maximum absolute atomic E-state index is 12.3. The van der Waals surface area contributed by atoms with Gasteiger partial charge in [0, 0.05) is 28.4 Å². The zero-order chi connectivity index (χ0) is 18.6. The van der Waals surface area contributed by atoms with E-state index in [4.69, 9.17) is 46.4 Å². The van der Waals surface area contributed by atoms with Gasteiger partial charge in [-0.15, -0.1) is 0 Å². The number of nitro groups is 1. The molecule has 0 spiro atoms. The van der Waals surface area contributed by atoms with Crippen molar-refractivity contribution in [3.05, 3.63) is 69.2 Å². The molecule has 0 radical (unpaired) electrons. The summed E-state index contributed by atoms with van der Waals surface area (Å²) in [6, 6.07) is 11.8. The fourth-order valence-corrected chi connectivity index (χ4v) is 2.44. The van der Waals surface area contributed by atoms with Gasteiger partial charge in [-0.25, -0.2) is 0 Å². The Labute approximate surface area is 163 Å². The first-order chi connectivity index (χ1) is 11.7. The molecule has 1 atom stereocenters. The van der Waals surface area contributed by atoms with Gasteiger partial charge >= 0.3 is 0 Å². The molecule has 0 aliphatic heterocycles. The number of carbonyl (C=O) groups is 1. The lowest BCUT2D eigenvalue weighted by Gasteiger charge is -2.27. The molecule has 2 aromatic carbocycles. The number of carbonyl (C=O) groups excluding carboxylic acids is 1. The van der Waals surface area contributed by atoms with E-state index in [1.807, 2.05) is 0 Å². The van der Waals surface area contributed by atoms with Crippen LogP contribution < -0.4 is 10.6 Å². The van der Waals surface area contributed by atoms with E-state index in [1.54, 1.807) is 24.3 Å². The molecule has 25 heavy (non-hydrogen) atoms. The molecular weight excluding hydrogens is 412 g/mol. The molecule has 0 saturated carbocycles. The Hall–Kier alpha value is -1.73. The van der Waals surface area contributed by atoms with Crippen LogP contribution in [0.2, 0.25) is 5.02 Å². The van der Waals surface area contributed by atoms with Crippen molar-refractivity contribution < 1.29 is 9.72 Å². The van der Waals surface area contributed by atoms with Gasteiger partial charge in [0.15, 0.2) is 0 Å². The SMILES string of the molecule is O=C(N[C@@H](Nc1cccc([N+](=O)[O-])c1)C(Cl)(Cl)Cl)c1cccc(Cl)c1. The molecule has 0 saturated heterocycles. The van der Waals surface area contributed by atoms with E-state index in [0.717, 1.165) is 0 Å². The van der Waals surface area contributed by atoms with Gasteiger partial charge in [0.25, 0.3) is 11.6 Å². The lowest BCUT2D eigenvalue weighted by molar-refractivity contribution is -0.384. The highest BCUT2D eigenvalue weighted by molar-refractivity contribution is 6.68. The van der Waals surface area contributed by atoms with Crippen molar-refractivity contribution in [1.29, 1.82) is 0 Å². The number of amides is 1. The van der Waals surface area contributed by atoms with Crippen LogP contribution in [-0.2, 0) is 0 Å². The quantitative estimate of drug-likeness (QED) is 0.314. The first-order valence-corrected chi connectivity index (χ1v) is 8.32. The normalized spacial score (nSPS) is 12.3. The summed E-state index contributed by atoms with van der Waals surface area (Å²) >= 11 is 23.6. The molecule has 1 amide bonds. The summed E-state index contributed by atoms with van der Waals surface area (Å²) in [5.74, 6) is -0.531. The van der Waals surface area contributed by atoms with E-state index in [-0.39, 0.29) is 11.3 Å². The van der Waals surface area contributed by atoms with Gasteiger partial charge in [0.1, 0.15) is 6.17 Å². The molecule has 0 heterocycles. The highest BCUT2D eigenvalue weighted by atomic mass is 35.6. The van der Waals surface area contributed by atoms with Crippen LogP contribution in [0.4, 0.5) is 11.4 Å². The summed E-state index contributed by atoms with van der Waals surface area (Å²) in [6.45, 7) is 0. The number of nitrogens with zero attached hydrogens (tertiary/aromatic N) is 1. The molecule has 132 valence electrons.